The third-order valence-electron chi connectivity index (χ3n) is 14.0. The Bertz CT molecular complexity index is 1710. The van der Waals surface area contributed by atoms with Crippen LogP contribution in [0.5, 0.6) is 0 Å². The highest BCUT2D eigenvalue weighted by molar-refractivity contribution is 5.87. The van der Waals surface area contributed by atoms with E-state index < -0.39 is 136 Å². The summed E-state index contributed by atoms with van der Waals surface area (Å²) in [5.41, 5.74) is 2.61. The summed E-state index contributed by atoms with van der Waals surface area (Å²) in [6.07, 6.45) is -15.8. The highest BCUT2D eigenvalue weighted by Gasteiger charge is 2.46. The number of hydrogen-bond donors (Lipinski definition) is 16. The number of hydroxylamine groups is 1. The van der Waals surface area contributed by atoms with Crippen LogP contribution < -0.4 is 21.4 Å². The van der Waals surface area contributed by atoms with Crippen molar-refractivity contribution in [3.63, 3.8) is 0 Å². The molecule has 478 valence electrons. The van der Waals surface area contributed by atoms with Crippen LogP contribution in [-0.4, -0.2) is 286 Å². The van der Waals surface area contributed by atoms with E-state index in [9.17, 15) is 85.3 Å². The minimum Gasteiger partial charge on any atom is -0.394 e. The zero-order chi connectivity index (χ0) is 60.4. The molecule has 3 aliphatic rings. The van der Waals surface area contributed by atoms with Gasteiger partial charge >= 0.3 is 5.97 Å². The average Bonchev–Trinajstić information content (AvgIpc) is 3.51. The van der Waals surface area contributed by atoms with Crippen molar-refractivity contribution in [2.24, 2.45) is 0 Å². The maximum atomic E-state index is 14.4. The molecular formula is C52H95N5O25. The second-order valence-corrected chi connectivity index (χ2v) is 20.4. The fourth-order valence-electron chi connectivity index (χ4n) is 9.13. The molecule has 0 radical (unpaired) electrons. The van der Waals surface area contributed by atoms with Crippen LogP contribution in [0, 0.1) is 0 Å². The molecular weight excluding hydrogens is 1090 g/mol. The smallest absolute Gasteiger partial charge is 0.324 e. The highest BCUT2D eigenvalue weighted by Crippen LogP contribution is 2.26. The number of hydrogen-bond acceptors (Lipinski definition) is 26. The highest BCUT2D eigenvalue weighted by atomic mass is 16.7. The molecule has 0 aliphatic carbocycles. The van der Waals surface area contributed by atoms with Crippen LogP contribution in [0.4, 0.5) is 0 Å². The molecule has 3 saturated heterocycles. The molecule has 0 bridgehead atoms. The van der Waals surface area contributed by atoms with Crippen LogP contribution in [0.3, 0.4) is 0 Å². The number of amides is 4. The van der Waals surface area contributed by atoms with Crippen LogP contribution in [0.2, 0.25) is 0 Å². The van der Waals surface area contributed by atoms with E-state index >= 15 is 0 Å². The molecule has 82 heavy (non-hydrogen) atoms. The first kappa shape index (κ1) is 72.8. The van der Waals surface area contributed by atoms with Crippen LogP contribution >= 0.6 is 0 Å². The Morgan fingerprint density at radius 3 is 1.49 bits per heavy atom. The molecule has 30 nitrogen and oxygen atoms in total. The molecule has 0 spiro atoms. The van der Waals surface area contributed by atoms with Crippen molar-refractivity contribution < 1.29 is 123 Å². The summed E-state index contributed by atoms with van der Waals surface area (Å²) in [6.45, 7) is 2.07. The zero-order valence-electron chi connectivity index (χ0n) is 47.1. The number of nitrogens with zero attached hydrogens (tertiary/aromatic N) is 1. The summed E-state index contributed by atoms with van der Waals surface area (Å²) in [6, 6.07) is -1.04. The Morgan fingerprint density at radius 2 is 0.963 bits per heavy atom. The first-order chi connectivity index (χ1) is 39.4. The maximum Gasteiger partial charge on any atom is 0.324 e. The lowest BCUT2D eigenvalue weighted by atomic mass is 9.92. The summed E-state index contributed by atoms with van der Waals surface area (Å²) >= 11 is 0. The Kier molecular flexibility index (Phi) is 36.9. The van der Waals surface area contributed by atoms with Crippen molar-refractivity contribution in [2.75, 3.05) is 92.2 Å². The first-order valence-corrected chi connectivity index (χ1v) is 28.7. The van der Waals surface area contributed by atoms with Crippen molar-refractivity contribution in [1.82, 2.24) is 26.3 Å². The average molecular weight is 1190 g/mol. The number of rotatable bonds is 43. The van der Waals surface area contributed by atoms with Gasteiger partial charge in [0.1, 0.15) is 79.3 Å². The van der Waals surface area contributed by atoms with Gasteiger partial charge in [0.2, 0.25) is 23.6 Å². The Hall–Kier alpha value is -3.45. The first-order valence-electron chi connectivity index (χ1n) is 28.7. The van der Waals surface area contributed by atoms with Crippen LogP contribution in [0.1, 0.15) is 110 Å². The summed E-state index contributed by atoms with van der Waals surface area (Å²) in [7, 11) is 0. The topological polar surface area (TPSA) is 453 Å². The van der Waals surface area contributed by atoms with Crippen LogP contribution in [0.25, 0.3) is 0 Å². The summed E-state index contributed by atoms with van der Waals surface area (Å²) in [5.74, 6) is -2.03. The van der Waals surface area contributed by atoms with E-state index in [2.05, 4.69) is 21.4 Å². The third kappa shape index (κ3) is 26.4. The van der Waals surface area contributed by atoms with E-state index in [1.54, 1.807) is 0 Å². The van der Waals surface area contributed by atoms with Gasteiger partial charge in [0, 0.05) is 78.2 Å². The molecule has 0 aromatic heterocycles. The quantitative estimate of drug-likeness (QED) is 0.0200. The molecule has 4 amide bonds. The second-order valence-electron chi connectivity index (χ2n) is 20.4. The second kappa shape index (κ2) is 41.6. The standard InChI is InChI=1S/C52H95N5O25/c1-2-75-27-28-76-26-18-39(63)56-32(13-10-21-55-82-40(64)17-5-3-4-14-33-41(65)45(69)42(66)34(29-58)79-33)50(74)57(22-11-19-53-37(61)15-6-8-24-77-51-48(72)46(70)43(67)35(30-59)80-51)23-12-20-54-38(62)16-7-9-25-78-52-49(73)47(71)44(68)36(31-60)81-52/h32-36,41-49,51-52,55,58-60,65-73H,2-31H2,1H3,(H,53,61)(H,54,62)(H,56,63)/t32-,33?,34?,35?,36?,41?,42?,43?,44?,45?,46?,47?,48?,49?,51?,52?/m0/s1. The lowest BCUT2D eigenvalue weighted by Gasteiger charge is -2.40. The van der Waals surface area contributed by atoms with E-state index in [4.69, 9.17) is 38.0 Å². The molecule has 3 heterocycles. The fourth-order valence-corrected chi connectivity index (χ4v) is 9.13. The predicted octanol–water partition coefficient (Wildman–Crippen LogP) is -5.65. The Morgan fingerprint density at radius 1 is 0.476 bits per heavy atom. The Labute approximate surface area is 477 Å². The number of nitrogens with one attached hydrogen (secondary N) is 4. The molecule has 3 aliphatic heterocycles. The lowest BCUT2D eigenvalue weighted by molar-refractivity contribution is -0.301. The van der Waals surface area contributed by atoms with Gasteiger partial charge in [-0.1, -0.05) is 12.8 Å². The van der Waals surface area contributed by atoms with Gasteiger partial charge in [0.05, 0.1) is 45.7 Å². The van der Waals surface area contributed by atoms with Gasteiger partial charge in [-0.2, -0.15) is 5.48 Å². The molecule has 0 saturated carbocycles. The molecule has 15 unspecified atom stereocenters. The normalized spacial score (nSPS) is 28.7. The predicted molar refractivity (Wildman–Crippen MR) is 283 cm³/mol. The molecule has 3 fully saturated rings. The van der Waals surface area contributed by atoms with Gasteiger partial charge in [-0.25, -0.2) is 0 Å². The van der Waals surface area contributed by atoms with E-state index in [-0.39, 0.29) is 109 Å². The largest absolute Gasteiger partial charge is 0.394 e. The monoisotopic (exact) mass is 1190 g/mol. The van der Waals surface area contributed by atoms with E-state index in [1.807, 2.05) is 6.92 Å². The summed E-state index contributed by atoms with van der Waals surface area (Å²) in [4.78, 5) is 72.5. The van der Waals surface area contributed by atoms with Gasteiger partial charge in [0.25, 0.3) is 0 Å². The SMILES string of the molecule is CCOCCOCCC(=O)N[C@@H](CCCNOC(=O)CCCCCC1OC(CO)C(O)C(O)C1O)C(=O)N(CCCNC(=O)CCCCOC1OC(CO)C(O)C(O)C1O)CCCNC(=O)CCCCOC1OC(CO)C(O)C(O)C1O. The molecule has 0 aromatic rings. The maximum absolute atomic E-state index is 14.4. The molecule has 0 aromatic carbocycles. The number of carbonyl (C=O) groups excluding carboxylic acids is 5. The molecule has 16 N–H and O–H groups in total. The number of aliphatic hydroxyl groups is 12. The van der Waals surface area contributed by atoms with Gasteiger partial charge in [-0.15, -0.1) is 0 Å². The van der Waals surface area contributed by atoms with Crippen LogP contribution in [0.15, 0.2) is 0 Å². The number of carbonyl (C=O) groups is 5. The van der Waals surface area contributed by atoms with E-state index in [1.165, 1.54) is 4.90 Å². The van der Waals surface area contributed by atoms with Gasteiger partial charge in [0.15, 0.2) is 12.6 Å². The minimum atomic E-state index is -1.59. The molecule has 30 heteroatoms. The molecule has 16 atom stereocenters. The number of aliphatic hydroxyl groups excluding tert-OH is 12. The summed E-state index contributed by atoms with van der Waals surface area (Å²) in [5, 5.41) is 127. The van der Waals surface area contributed by atoms with E-state index in [0.717, 1.165) is 0 Å². The van der Waals surface area contributed by atoms with Crippen molar-refractivity contribution in [3.05, 3.63) is 0 Å². The Balaban J connectivity index is 1.54. The summed E-state index contributed by atoms with van der Waals surface area (Å²) < 4.78 is 38.0. The fraction of sp³-hybridized carbons (Fsp3) is 0.904. The van der Waals surface area contributed by atoms with Gasteiger partial charge in [-0.05, 0) is 71.1 Å². The van der Waals surface area contributed by atoms with Crippen molar-refractivity contribution >= 4 is 29.6 Å². The van der Waals surface area contributed by atoms with Gasteiger partial charge < -0.3 is 120 Å². The van der Waals surface area contributed by atoms with Gasteiger partial charge in [-0.3, -0.25) is 24.0 Å². The third-order valence-corrected chi connectivity index (χ3v) is 14.0. The molecule has 3 rings (SSSR count). The van der Waals surface area contributed by atoms with E-state index in [0.29, 0.717) is 77.4 Å². The van der Waals surface area contributed by atoms with Crippen molar-refractivity contribution in [1.29, 1.82) is 0 Å². The van der Waals surface area contributed by atoms with Crippen LogP contribution in [-0.2, 0) is 62.0 Å². The lowest BCUT2D eigenvalue weighted by Crippen LogP contribution is -2.59. The number of unbranched alkanes of at least 4 members (excludes halogenated alkanes) is 4. The number of ether oxygens (including phenoxy) is 7. The minimum absolute atomic E-state index is 0.0401. The van der Waals surface area contributed by atoms with Crippen molar-refractivity contribution in [3.8, 4) is 0 Å². The zero-order valence-corrected chi connectivity index (χ0v) is 47.1. The van der Waals surface area contributed by atoms with Crippen molar-refractivity contribution in [2.45, 2.75) is 208 Å².